The van der Waals surface area contributed by atoms with Crippen molar-refractivity contribution in [2.24, 2.45) is 0 Å². The highest BCUT2D eigenvalue weighted by molar-refractivity contribution is 6.30. The van der Waals surface area contributed by atoms with Gasteiger partial charge in [0.05, 0.1) is 0 Å². The summed E-state index contributed by atoms with van der Waals surface area (Å²) in [6.07, 6.45) is -3.80. The highest BCUT2D eigenvalue weighted by Gasteiger charge is 2.35. The number of benzene rings is 2. The van der Waals surface area contributed by atoms with E-state index in [9.17, 15) is 13.2 Å². The molecule has 0 aliphatic heterocycles. The molecule has 0 saturated carbocycles. The Kier molecular flexibility index (Phi) is 5.23. The lowest BCUT2D eigenvalue weighted by molar-refractivity contribution is -0.137. The zero-order valence-electron chi connectivity index (χ0n) is 14.5. The first-order chi connectivity index (χ1) is 12.7. The molecule has 2 aromatic carbocycles. The quantitative estimate of drug-likeness (QED) is 0.594. The molecule has 0 spiro atoms. The number of rotatable bonds is 4. The van der Waals surface area contributed by atoms with Gasteiger partial charge in [0.15, 0.2) is 0 Å². The second-order valence-electron chi connectivity index (χ2n) is 5.96. The number of alkyl halides is 3. The summed E-state index contributed by atoms with van der Waals surface area (Å²) in [7, 11) is 1.69. The Morgan fingerprint density at radius 2 is 1.63 bits per heavy atom. The molecule has 3 aromatic rings. The molecule has 1 heterocycles. The SMILES string of the molecule is Cc1ccc(N(C)c2ncc(C(F)(F)F)c(Nc3ccc(Cl)cc3)n2)cc1. The standard InChI is InChI=1S/C19H16ClF3N4/c1-12-3-9-15(10-4-12)27(2)18-24-11-16(19(21,22)23)17(26-18)25-14-7-5-13(20)6-8-14/h3-11H,1-2H3,(H,24,25,26). The molecular formula is C19H16ClF3N4. The van der Waals surface area contributed by atoms with Gasteiger partial charge in [0.25, 0.3) is 0 Å². The Bertz CT molecular complexity index is 925. The van der Waals surface area contributed by atoms with Crippen molar-refractivity contribution < 1.29 is 13.2 Å². The van der Waals surface area contributed by atoms with Crippen molar-refractivity contribution in [3.8, 4) is 0 Å². The van der Waals surface area contributed by atoms with E-state index in [1.165, 1.54) is 0 Å². The van der Waals surface area contributed by atoms with Gasteiger partial charge in [-0.2, -0.15) is 18.2 Å². The van der Waals surface area contributed by atoms with E-state index in [4.69, 9.17) is 11.6 Å². The maximum Gasteiger partial charge on any atom is 0.421 e. The van der Waals surface area contributed by atoms with E-state index in [0.29, 0.717) is 10.7 Å². The maximum atomic E-state index is 13.4. The van der Waals surface area contributed by atoms with Crippen molar-refractivity contribution in [3.63, 3.8) is 0 Å². The van der Waals surface area contributed by atoms with Crippen LogP contribution in [-0.4, -0.2) is 17.0 Å². The number of nitrogens with zero attached hydrogens (tertiary/aromatic N) is 3. The second kappa shape index (κ2) is 7.44. The van der Waals surface area contributed by atoms with Crippen molar-refractivity contribution in [1.29, 1.82) is 0 Å². The summed E-state index contributed by atoms with van der Waals surface area (Å²) in [6, 6.07) is 13.8. The van der Waals surface area contributed by atoms with Gasteiger partial charge in [0.2, 0.25) is 5.95 Å². The van der Waals surface area contributed by atoms with Crippen LogP contribution in [0, 0.1) is 6.92 Å². The minimum Gasteiger partial charge on any atom is -0.340 e. The lowest BCUT2D eigenvalue weighted by Crippen LogP contribution is -2.17. The van der Waals surface area contributed by atoms with Crippen LogP contribution in [0.15, 0.2) is 54.7 Å². The summed E-state index contributed by atoms with van der Waals surface area (Å²) in [5.74, 6) is -0.183. The number of anilines is 4. The average molecular weight is 393 g/mol. The van der Waals surface area contributed by atoms with E-state index in [-0.39, 0.29) is 11.8 Å². The fourth-order valence-corrected chi connectivity index (χ4v) is 2.52. The Hall–Kier alpha value is -2.80. The van der Waals surface area contributed by atoms with Gasteiger partial charge in [-0.05, 0) is 43.3 Å². The molecule has 3 rings (SSSR count). The Labute approximate surface area is 159 Å². The summed E-state index contributed by atoms with van der Waals surface area (Å²) in [6.45, 7) is 1.95. The normalized spacial score (nSPS) is 11.3. The van der Waals surface area contributed by atoms with Gasteiger partial charge in [-0.1, -0.05) is 29.3 Å². The first-order valence-corrected chi connectivity index (χ1v) is 8.39. The topological polar surface area (TPSA) is 41.1 Å². The molecular weight excluding hydrogens is 377 g/mol. The van der Waals surface area contributed by atoms with Crippen LogP contribution in [-0.2, 0) is 6.18 Å². The molecule has 0 fully saturated rings. The van der Waals surface area contributed by atoms with Crippen molar-refractivity contribution in [1.82, 2.24) is 9.97 Å². The largest absolute Gasteiger partial charge is 0.421 e. The molecule has 1 N–H and O–H groups in total. The van der Waals surface area contributed by atoms with Gasteiger partial charge in [0, 0.05) is 29.6 Å². The van der Waals surface area contributed by atoms with E-state index in [1.807, 2.05) is 31.2 Å². The molecule has 0 amide bonds. The molecule has 8 heteroatoms. The number of aromatic nitrogens is 2. The minimum atomic E-state index is -4.59. The van der Waals surface area contributed by atoms with E-state index < -0.39 is 11.7 Å². The predicted molar refractivity (Wildman–Crippen MR) is 101 cm³/mol. The fraction of sp³-hybridized carbons (Fsp3) is 0.158. The number of hydrogen-bond acceptors (Lipinski definition) is 4. The Balaban J connectivity index is 1.99. The lowest BCUT2D eigenvalue weighted by Gasteiger charge is -2.20. The smallest absolute Gasteiger partial charge is 0.340 e. The molecule has 0 radical (unpaired) electrons. The van der Waals surface area contributed by atoms with Crippen molar-refractivity contribution in [2.45, 2.75) is 13.1 Å². The molecule has 0 aliphatic rings. The van der Waals surface area contributed by atoms with Gasteiger partial charge in [-0.15, -0.1) is 0 Å². The molecule has 1 aromatic heterocycles. The molecule has 0 atom stereocenters. The number of halogens is 4. The minimum absolute atomic E-state index is 0.142. The summed E-state index contributed by atoms with van der Waals surface area (Å²) in [4.78, 5) is 9.62. The van der Waals surface area contributed by atoms with Crippen LogP contribution in [0.1, 0.15) is 11.1 Å². The Morgan fingerprint density at radius 1 is 1.00 bits per heavy atom. The third-order valence-electron chi connectivity index (χ3n) is 3.91. The van der Waals surface area contributed by atoms with E-state index >= 15 is 0 Å². The summed E-state index contributed by atoms with van der Waals surface area (Å²) in [5, 5.41) is 3.19. The molecule has 140 valence electrons. The van der Waals surface area contributed by atoms with E-state index in [2.05, 4.69) is 15.3 Å². The van der Waals surface area contributed by atoms with Crippen LogP contribution in [0.3, 0.4) is 0 Å². The molecule has 0 unspecified atom stereocenters. The van der Waals surface area contributed by atoms with Crippen molar-refractivity contribution in [2.75, 3.05) is 17.3 Å². The van der Waals surface area contributed by atoms with Gasteiger partial charge < -0.3 is 10.2 Å². The zero-order valence-corrected chi connectivity index (χ0v) is 15.3. The van der Waals surface area contributed by atoms with Crippen LogP contribution in [0.5, 0.6) is 0 Å². The zero-order chi connectivity index (χ0) is 19.6. The van der Waals surface area contributed by atoms with Crippen LogP contribution in [0.4, 0.5) is 36.3 Å². The van der Waals surface area contributed by atoms with Crippen molar-refractivity contribution in [3.05, 3.63) is 70.9 Å². The lowest BCUT2D eigenvalue weighted by atomic mass is 10.2. The fourth-order valence-electron chi connectivity index (χ4n) is 2.39. The molecule has 4 nitrogen and oxygen atoms in total. The maximum absolute atomic E-state index is 13.4. The monoisotopic (exact) mass is 392 g/mol. The first kappa shape index (κ1) is 19.0. The number of nitrogens with one attached hydrogen (secondary N) is 1. The highest BCUT2D eigenvalue weighted by atomic mass is 35.5. The molecule has 0 saturated heterocycles. The third-order valence-corrected chi connectivity index (χ3v) is 4.16. The highest BCUT2D eigenvalue weighted by Crippen LogP contribution is 2.36. The summed E-state index contributed by atoms with van der Waals surface area (Å²) < 4.78 is 40.1. The summed E-state index contributed by atoms with van der Waals surface area (Å²) in [5.41, 5.74) is 1.33. The van der Waals surface area contributed by atoms with E-state index in [1.54, 1.807) is 36.2 Å². The van der Waals surface area contributed by atoms with Gasteiger partial charge in [-0.25, -0.2) is 4.98 Å². The number of hydrogen-bond donors (Lipinski definition) is 1. The van der Waals surface area contributed by atoms with Crippen molar-refractivity contribution >= 4 is 34.7 Å². The first-order valence-electron chi connectivity index (χ1n) is 8.01. The van der Waals surface area contributed by atoms with Crippen LogP contribution in [0.25, 0.3) is 0 Å². The molecule has 0 aliphatic carbocycles. The summed E-state index contributed by atoms with van der Waals surface area (Å²) >= 11 is 5.82. The van der Waals surface area contributed by atoms with Crippen LogP contribution >= 0.6 is 11.6 Å². The van der Waals surface area contributed by atoms with Gasteiger partial charge >= 0.3 is 6.18 Å². The van der Waals surface area contributed by atoms with Gasteiger partial charge in [-0.3, -0.25) is 0 Å². The second-order valence-corrected chi connectivity index (χ2v) is 6.39. The van der Waals surface area contributed by atoms with Crippen LogP contribution in [0.2, 0.25) is 5.02 Å². The average Bonchev–Trinajstić information content (AvgIpc) is 2.63. The van der Waals surface area contributed by atoms with Crippen LogP contribution < -0.4 is 10.2 Å². The predicted octanol–water partition coefficient (Wildman–Crippen LogP) is 5.97. The van der Waals surface area contributed by atoms with Gasteiger partial charge in [0.1, 0.15) is 11.4 Å². The molecule has 0 bridgehead atoms. The van der Waals surface area contributed by atoms with E-state index in [0.717, 1.165) is 17.4 Å². The Morgan fingerprint density at radius 3 is 2.22 bits per heavy atom. The third kappa shape index (κ3) is 4.49. The molecule has 27 heavy (non-hydrogen) atoms. The number of aryl methyl sites for hydroxylation is 1.